The predicted molar refractivity (Wildman–Crippen MR) is 120 cm³/mol. The number of benzene rings is 1. The maximum absolute atomic E-state index is 13.0. The highest BCUT2D eigenvalue weighted by Crippen LogP contribution is 2.19. The fourth-order valence-corrected chi connectivity index (χ4v) is 3.51. The van der Waals surface area contributed by atoms with Gasteiger partial charge in [-0.3, -0.25) is 9.69 Å². The van der Waals surface area contributed by atoms with Crippen LogP contribution in [0.15, 0.2) is 34.9 Å². The topological polar surface area (TPSA) is 116 Å². The van der Waals surface area contributed by atoms with Crippen molar-refractivity contribution >= 4 is 17.8 Å². The van der Waals surface area contributed by atoms with Crippen LogP contribution in [0, 0.1) is 18.7 Å². The van der Waals surface area contributed by atoms with Crippen molar-refractivity contribution in [2.45, 2.75) is 32.5 Å². The van der Waals surface area contributed by atoms with Gasteiger partial charge in [-0.25, -0.2) is 19.0 Å². The number of aromatic nitrogens is 1. The van der Waals surface area contributed by atoms with Gasteiger partial charge >= 0.3 is 18.2 Å². The zero-order valence-electron chi connectivity index (χ0n) is 19.8. The van der Waals surface area contributed by atoms with Crippen LogP contribution < -0.4 is 5.32 Å². The molecule has 13 heteroatoms. The Kier molecular flexibility index (Phi) is 10.4. The van der Waals surface area contributed by atoms with Crippen LogP contribution in [0.25, 0.3) is 0 Å². The number of nitrogens with zero attached hydrogens (tertiary/aromatic N) is 3. The quantitative estimate of drug-likeness (QED) is 0.428. The highest BCUT2D eigenvalue weighted by atomic mass is 19.4. The van der Waals surface area contributed by atoms with Crippen LogP contribution in [-0.2, 0) is 11.3 Å². The molecule has 3 rings (SSSR count). The van der Waals surface area contributed by atoms with E-state index >= 15 is 0 Å². The number of carboxylic acids is 1. The first kappa shape index (κ1) is 28.8. The molecule has 2 amide bonds. The summed E-state index contributed by atoms with van der Waals surface area (Å²) in [5.74, 6) is -1.49. The fourth-order valence-electron chi connectivity index (χ4n) is 3.51. The molecule has 0 aliphatic carbocycles. The van der Waals surface area contributed by atoms with E-state index in [9.17, 15) is 27.2 Å². The van der Waals surface area contributed by atoms with Crippen molar-refractivity contribution in [1.29, 1.82) is 0 Å². The second kappa shape index (κ2) is 13.0. The van der Waals surface area contributed by atoms with Gasteiger partial charge in [0.1, 0.15) is 11.6 Å². The highest BCUT2D eigenvalue weighted by Gasteiger charge is 2.38. The Bertz CT molecular complexity index is 1020. The minimum atomic E-state index is -5.08. The molecule has 0 bridgehead atoms. The number of Topliss-reactive ketones (excluding diaryl/α,β-unsaturated/α-hetero) is 1. The van der Waals surface area contributed by atoms with Gasteiger partial charge < -0.3 is 19.7 Å². The molecule has 2 aromatic rings. The summed E-state index contributed by atoms with van der Waals surface area (Å²) in [4.78, 5) is 41.3. The van der Waals surface area contributed by atoms with Gasteiger partial charge in [0.05, 0.1) is 19.3 Å². The number of carboxylic acid groups (broad SMARTS) is 1. The second-order valence-corrected chi connectivity index (χ2v) is 8.34. The zero-order chi connectivity index (χ0) is 26.9. The number of alkyl halides is 3. The molecule has 0 radical (unpaired) electrons. The van der Waals surface area contributed by atoms with Crippen LogP contribution in [0.2, 0.25) is 0 Å². The molecule has 198 valence electrons. The van der Waals surface area contributed by atoms with Crippen LogP contribution in [0.5, 0.6) is 0 Å². The number of piperidine rings is 1. The maximum atomic E-state index is 13.0. The fraction of sp³-hybridized carbons (Fsp3) is 0.478. The first-order chi connectivity index (χ1) is 16.8. The number of oxazole rings is 1. The molecular formula is C23H28F4N4O5. The minimum absolute atomic E-state index is 0.00241. The lowest BCUT2D eigenvalue weighted by Crippen LogP contribution is -2.43. The summed E-state index contributed by atoms with van der Waals surface area (Å²) in [6, 6.07) is 5.53. The number of urea groups is 1. The van der Waals surface area contributed by atoms with E-state index in [1.807, 2.05) is 0 Å². The molecule has 2 heterocycles. The molecule has 36 heavy (non-hydrogen) atoms. The van der Waals surface area contributed by atoms with Gasteiger partial charge in [0.15, 0.2) is 11.7 Å². The molecular weight excluding hydrogens is 488 g/mol. The Balaban J connectivity index is 0.000000572. The average molecular weight is 516 g/mol. The molecule has 1 aromatic heterocycles. The van der Waals surface area contributed by atoms with Crippen LogP contribution in [-0.4, -0.2) is 77.1 Å². The summed E-state index contributed by atoms with van der Waals surface area (Å²) in [7, 11) is 1.78. The third kappa shape index (κ3) is 9.64. The zero-order valence-corrected chi connectivity index (χ0v) is 19.8. The second-order valence-electron chi connectivity index (χ2n) is 8.34. The number of nitrogens with one attached hydrogen (secondary N) is 1. The summed E-state index contributed by atoms with van der Waals surface area (Å²) in [5, 5.41) is 9.96. The van der Waals surface area contributed by atoms with E-state index in [1.54, 1.807) is 25.1 Å². The highest BCUT2D eigenvalue weighted by molar-refractivity contribution is 5.97. The lowest BCUT2D eigenvalue weighted by Gasteiger charge is -2.33. The van der Waals surface area contributed by atoms with Gasteiger partial charge in [-0.1, -0.05) is 0 Å². The number of aryl methyl sites for hydroxylation is 1. The Labute approximate surface area is 205 Å². The number of likely N-dealkylation sites (tertiary alicyclic amines) is 1. The van der Waals surface area contributed by atoms with Crippen molar-refractivity contribution in [2.24, 2.45) is 5.92 Å². The van der Waals surface area contributed by atoms with Gasteiger partial charge in [0, 0.05) is 26.1 Å². The summed E-state index contributed by atoms with van der Waals surface area (Å²) < 4.78 is 50.1. The average Bonchev–Trinajstić information content (AvgIpc) is 3.24. The van der Waals surface area contributed by atoms with E-state index in [4.69, 9.17) is 14.3 Å². The Morgan fingerprint density at radius 1 is 1.19 bits per heavy atom. The van der Waals surface area contributed by atoms with Crippen molar-refractivity contribution in [2.75, 3.05) is 33.2 Å². The molecule has 1 fully saturated rings. The molecule has 9 nitrogen and oxygen atoms in total. The van der Waals surface area contributed by atoms with E-state index in [-0.39, 0.29) is 17.6 Å². The van der Waals surface area contributed by atoms with Crippen LogP contribution >= 0.6 is 0 Å². The van der Waals surface area contributed by atoms with E-state index in [2.05, 4.69) is 15.2 Å². The SMILES string of the molecule is Cc1ncc(CNC(=O)N(C)CC2CCN(CC(=O)c3ccc(F)cc3)CC2)o1.O=C(O)C(F)(F)F. The molecule has 0 unspecified atom stereocenters. The first-order valence-corrected chi connectivity index (χ1v) is 11.1. The summed E-state index contributed by atoms with van der Waals surface area (Å²) in [6.07, 6.45) is -1.62. The van der Waals surface area contributed by atoms with E-state index in [0.717, 1.165) is 25.9 Å². The number of hydrogen-bond donors (Lipinski definition) is 2. The van der Waals surface area contributed by atoms with E-state index in [0.29, 0.717) is 42.8 Å². The van der Waals surface area contributed by atoms with Crippen molar-refractivity contribution in [3.63, 3.8) is 0 Å². The summed E-state index contributed by atoms with van der Waals surface area (Å²) in [6.45, 7) is 4.70. The molecule has 1 aliphatic rings. The van der Waals surface area contributed by atoms with Crippen molar-refractivity contribution in [3.8, 4) is 0 Å². The smallest absolute Gasteiger partial charge is 0.475 e. The Hall–Kier alpha value is -3.48. The molecule has 2 N–H and O–H groups in total. The number of hydrogen-bond acceptors (Lipinski definition) is 6. The largest absolute Gasteiger partial charge is 0.490 e. The number of carbonyl (C=O) groups excluding carboxylic acids is 2. The van der Waals surface area contributed by atoms with Crippen molar-refractivity contribution in [3.05, 3.63) is 53.5 Å². The Morgan fingerprint density at radius 3 is 2.28 bits per heavy atom. The van der Waals surface area contributed by atoms with Gasteiger partial charge in [0.25, 0.3) is 0 Å². The van der Waals surface area contributed by atoms with Gasteiger partial charge in [-0.2, -0.15) is 13.2 Å². The van der Waals surface area contributed by atoms with Crippen LogP contribution in [0.3, 0.4) is 0 Å². The standard InChI is InChI=1S/C21H27FN4O3.C2HF3O2/c1-15-23-11-19(29-15)12-24-21(28)25(2)13-16-7-9-26(10-8-16)14-20(27)17-3-5-18(22)6-4-17;3-2(4,5)1(6)7/h3-6,11,16H,7-10,12-14H2,1-2H3,(H,24,28);(H,6,7). The lowest BCUT2D eigenvalue weighted by molar-refractivity contribution is -0.192. The number of amides is 2. The van der Waals surface area contributed by atoms with Crippen molar-refractivity contribution in [1.82, 2.24) is 20.1 Å². The normalized spacial score (nSPS) is 14.5. The van der Waals surface area contributed by atoms with Gasteiger partial charge in [0.2, 0.25) is 0 Å². The predicted octanol–water partition coefficient (Wildman–Crippen LogP) is 3.49. The first-order valence-electron chi connectivity index (χ1n) is 11.1. The third-order valence-electron chi connectivity index (χ3n) is 5.44. The number of ketones is 1. The van der Waals surface area contributed by atoms with Gasteiger partial charge in [-0.15, -0.1) is 0 Å². The molecule has 1 aromatic carbocycles. The van der Waals surface area contributed by atoms with E-state index < -0.39 is 12.1 Å². The maximum Gasteiger partial charge on any atom is 0.490 e. The summed E-state index contributed by atoms with van der Waals surface area (Å²) in [5.41, 5.74) is 0.534. The lowest BCUT2D eigenvalue weighted by atomic mass is 9.96. The van der Waals surface area contributed by atoms with Crippen LogP contribution in [0.1, 0.15) is 34.9 Å². The number of halogens is 4. The third-order valence-corrected chi connectivity index (χ3v) is 5.44. The van der Waals surface area contributed by atoms with E-state index in [1.165, 1.54) is 24.3 Å². The molecule has 0 spiro atoms. The monoisotopic (exact) mass is 516 g/mol. The molecule has 1 saturated heterocycles. The molecule has 0 atom stereocenters. The van der Waals surface area contributed by atoms with Crippen molar-refractivity contribution < 1.29 is 41.5 Å². The number of aliphatic carboxylic acids is 1. The molecule has 0 saturated carbocycles. The minimum Gasteiger partial charge on any atom is -0.475 e. The number of rotatable bonds is 7. The summed E-state index contributed by atoms with van der Waals surface area (Å²) >= 11 is 0. The van der Waals surface area contributed by atoms with Gasteiger partial charge in [-0.05, 0) is 56.1 Å². The Morgan fingerprint density at radius 2 is 1.78 bits per heavy atom. The van der Waals surface area contributed by atoms with Crippen LogP contribution in [0.4, 0.5) is 22.4 Å². The molecule has 1 aliphatic heterocycles. The number of carbonyl (C=O) groups is 3.